The first-order chi connectivity index (χ1) is 10.0. The first-order valence-electron chi connectivity index (χ1n) is 6.35. The Morgan fingerprint density at radius 1 is 1.29 bits per heavy atom. The number of hydrogen-bond donors (Lipinski definition) is 0. The highest BCUT2D eigenvalue weighted by atomic mass is 79.9. The number of hydrogen-bond acceptors (Lipinski definition) is 2. The Balaban J connectivity index is 2.17. The van der Waals surface area contributed by atoms with Gasteiger partial charge in [-0.15, -0.1) is 0 Å². The molecule has 1 amide bonds. The third kappa shape index (κ3) is 3.61. The molecule has 0 atom stereocenters. The van der Waals surface area contributed by atoms with Gasteiger partial charge in [-0.3, -0.25) is 4.79 Å². The third-order valence-electron chi connectivity index (χ3n) is 3.11. The van der Waals surface area contributed by atoms with Crippen molar-refractivity contribution in [2.75, 3.05) is 14.2 Å². The van der Waals surface area contributed by atoms with Crippen LogP contribution in [0.1, 0.15) is 15.9 Å². The molecule has 0 saturated heterocycles. The Morgan fingerprint density at radius 3 is 2.67 bits per heavy atom. The van der Waals surface area contributed by atoms with E-state index in [4.69, 9.17) is 4.74 Å². The van der Waals surface area contributed by atoms with Gasteiger partial charge in [0.15, 0.2) is 0 Å². The Morgan fingerprint density at radius 2 is 2.00 bits per heavy atom. The largest absolute Gasteiger partial charge is 0.496 e. The van der Waals surface area contributed by atoms with E-state index < -0.39 is 0 Å². The first kappa shape index (κ1) is 15.5. The van der Waals surface area contributed by atoms with Crippen LogP contribution in [0.5, 0.6) is 5.75 Å². The molecule has 3 nitrogen and oxygen atoms in total. The molecule has 0 N–H and O–H groups in total. The maximum absolute atomic E-state index is 13.2. The van der Waals surface area contributed by atoms with E-state index in [9.17, 15) is 9.18 Å². The van der Waals surface area contributed by atoms with Crippen molar-refractivity contribution in [1.82, 2.24) is 4.90 Å². The Hall–Kier alpha value is -1.88. The summed E-state index contributed by atoms with van der Waals surface area (Å²) in [5, 5.41) is 0. The molecule has 0 fully saturated rings. The summed E-state index contributed by atoms with van der Waals surface area (Å²) in [5.41, 5.74) is 1.35. The standard InChI is InChI=1S/C16H15BrFNO2/c1-19(10-12-5-3-4-6-15(12)21-2)16(20)11-7-8-14(18)13(17)9-11/h3-9H,10H2,1-2H3. The van der Waals surface area contributed by atoms with Gasteiger partial charge in [0.2, 0.25) is 0 Å². The summed E-state index contributed by atoms with van der Waals surface area (Å²) in [6.45, 7) is 0.415. The summed E-state index contributed by atoms with van der Waals surface area (Å²) in [4.78, 5) is 13.9. The summed E-state index contributed by atoms with van der Waals surface area (Å²) >= 11 is 3.09. The van der Waals surface area contributed by atoms with Crippen LogP contribution in [0.15, 0.2) is 46.9 Å². The lowest BCUT2D eigenvalue weighted by Crippen LogP contribution is -2.26. The van der Waals surface area contributed by atoms with E-state index in [1.165, 1.54) is 18.2 Å². The van der Waals surface area contributed by atoms with Gasteiger partial charge in [-0.05, 0) is 40.2 Å². The number of para-hydroxylation sites is 1. The molecule has 0 unspecified atom stereocenters. The smallest absolute Gasteiger partial charge is 0.253 e. The molecule has 5 heteroatoms. The summed E-state index contributed by atoms with van der Waals surface area (Å²) in [6.07, 6.45) is 0. The van der Waals surface area contributed by atoms with Crippen LogP contribution in [0.25, 0.3) is 0 Å². The topological polar surface area (TPSA) is 29.5 Å². The summed E-state index contributed by atoms with van der Waals surface area (Å²) in [7, 11) is 3.30. The minimum atomic E-state index is -0.390. The number of methoxy groups -OCH3 is 1. The minimum absolute atomic E-state index is 0.179. The third-order valence-corrected chi connectivity index (χ3v) is 3.72. The van der Waals surface area contributed by atoms with Gasteiger partial charge in [0, 0.05) is 24.7 Å². The average molecular weight is 352 g/mol. The second-order valence-corrected chi connectivity index (χ2v) is 5.46. The molecule has 2 aromatic rings. The van der Waals surface area contributed by atoms with Gasteiger partial charge in [0.05, 0.1) is 11.6 Å². The zero-order chi connectivity index (χ0) is 15.4. The van der Waals surface area contributed by atoms with Gasteiger partial charge in [-0.25, -0.2) is 4.39 Å². The van der Waals surface area contributed by atoms with E-state index in [-0.39, 0.29) is 16.2 Å². The summed E-state index contributed by atoms with van der Waals surface area (Å²) in [5.74, 6) is 0.165. The van der Waals surface area contributed by atoms with Gasteiger partial charge in [-0.1, -0.05) is 18.2 Å². The highest BCUT2D eigenvalue weighted by Crippen LogP contribution is 2.21. The molecule has 0 heterocycles. The van der Waals surface area contributed by atoms with Gasteiger partial charge < -0.3 is 9.64 Å². The number of benzene rings is 2. The normalized spacial score (nSPS) is 10.3. The Kier molecular flexibility index (Phi) is 4.96. The molecule has 110 valence electrons. The number of carbonyl (C=O) groups is 1. The van der Waals surface area contributed by atoms with Crippen molar-refractivity contribution in [2.24, 2.45) is 0 Å². The number of carbonyl (C=O) groups excluding carboxylic acids is 1. The predicted molar refractivity (Wildman–Crippen MR) is 82.9 cm³/mol. The monoisotopic (exact) mass is 351 g/mol. The SMILES string of the molecule is COc1ccccc1CN(C)C(=O)c1ccc(F)c(Br)c1. The van der Waals surface area contributed by atoms with Crippen molar-refractivity contribution >= 4 is 21.8 Å². The first-order valence-corrected chi connectivity index (χ1v) is 7.14. The van der Waals surface area contributed by atoms with Gasteiger partial charge in [0.25, 0.3) is 5.91 Å². The molecular weight excluding hydrogens is 337 g/mol. The van der Waals surface area contributed by atoms with Crippen LogP contribution >= 0.6 is 15.9 Å². The van der Waals surface area contributed by atoms with Gasteiger partial charge in [-0.2, -0.15) is 0 Å². The van der Waals surface area contributed by atoms with Crippen LogP contribution in [0.3, 0.4) is 0 Å². The molecule has 0 aromatic heterocycles. The molecule has 21 heavy (non-hydrogen) atoms. The van der Waals surface area contributed by atoms with Crippen LogP contribution < -0.4 is 4.74 Å². The quantitative estimate of drug-likeness (QED) is 0.836. The van der Waals surface area contributed by atoms with Crippen molar-refractivity contribution in [3.8, 4) is 5.75 Å². The number of halogens is 2. The van der Waals surface area contributed by atoms with Crippen molar-refractivity contribution < 1.29 is 13.9 Å². The average Bonchev–Trinajstić information content (AvgIpc) is 2.49. The van der Waals surface area contributed by atoms with E-state index in [0.717, 1.165) is 11.3 Å². The second-order valence-electron chi connectivity index (χ2n) is 4.60. The number of amides is 1. The molecule has 0 radical (unpaired) electrons. The predicted octanol–water partition coefficient (Wildman–Crippen LogP) is 3.87. The van der Waals surface area contributed by atoms with Crippen molar-refractivity contribution in [2.45, 2.75) is 6.54 Å². The fourth-order valence-corrected chi connectivity index (χ4v) is 2.39. The lowest BCUT2D eigenvalue weighted by Gasteiger charge is -2.19. The van der Waals surface area contributed by atoms with E-state index in [2.05, 4.69) is 15.9 Å². The summed E-state index contributed by atoms with van der Waals surface area (Å²) in [6, 6.07) is 11.8. The number of rotatable bonds is 4. The van der Waals surface area contributed by atoms with E-state index >= 15 is 0 Å². The van der Waals surface area contributed by atoms with Gasteiger partial charge in [0.1, 0.15) is 11.6 Å². The maximum atomic E-state index is 13.2. The highest BCUT2D eigenvalue weighted by Gasteiger charge is 2.15. The molecule has 0 aliphatic carbocycles. The zero-order valence-electron chi connectivity index (χ0n) is 11.8. The highest BCUT2D eigenvalue weighted by molar-refractivity contribution is 9.10. The van der Waals surface area contributed by atoms with Crippen LogP contribution in [0.4, 0.5) is 4.39 Å². The second kappa shape index (κ2) is 6.72. The molecule has 0 spiro atoms. The van der Waals surface area contributed by atoms with Crippen molar-refractivity contribution in [3.63, 3.8) is 0 Å². The Labute approximate surface area is 131 Å². The molecule has 0 aliphatic rings. The van der Waals surface area contributed by atoms with E-state index in [1.807, 2.05) is 24.3 Å². The minimum Gasteiger partial charge on any atom is -0.496 e. The van der Waals surface area contributed by atoms with Crippen molar-refractivity contribution in [3.05, 3.63) is 63.9 Å². The summed E-state index contributed by atoms with van der Waals surface area (Å²) < 4.78 is 18.8. The number of ether oxygens (including phenoxy) is 1. The lowest BCUT2D eigenvalue weighted by molar-refractivity contribution is 0.0784. The molecule has 2 aromatic carbocycles. The van der Waals surface area contributed by atoms with Crippen LogP contribution in [-0.4, -0.2) is 25.0 Å². The van der Waals surface area contributed by atoms with Crippen molar-refractivity contribution in [1.29, 1.82) is 0 Å². The fourth-order valence-electron chi connectivity index (χ4n) is 2.01. The van der Waals surface area contributed by atoms with E-state index in [0.29, 0.717) is 12.1 Å². The molecular formula is C16H15BrFNO2. The number of nitrogens with zero attached hydrogens (tertiary/aromatic N) is 1. The molecule has 0 saturated carbocycles. The zero-order valence-corrected chi connectivity index (χ0v) is 13.4. The van der Waals surface area contributed by atoms with Crippen LogP contribution in [0, 0.1) is 5.82 Å². The van der Waals surface area contributed by atoms with Crippen LogP contribution in [0.2, 0.25) is 0 Å². The lowest BCUT2D eigenvalue weighted by atomic mass is 10.1. The molecule has 0 aliphatic heterocycles. The van der Waals surface area contributed by atoms with Gasteiger partial charge >= 0.3 is 0 Å². The van der Waals surface area contributed by atoms with E-state index in [1.54, 1.807) is 19.1 Å². The maximum Gasteiger partial charge on any atom is 0.253 e. The van der Waals surface area contributed by atoms with Crippen LogP contribution in [-0.2, 0) is 6.54 Å². The molecule has 0 bridgehead atoms. The fraction of sp³-hybridized carbons (Fsp3) is 0.188. The Bertz CT molecular complexity index is 660. The molecule has 2 rings (SSSR count).